The Morgan fingerprint density at radius 3 is 2.84 bits per heavy atom. The van der Waals surface area contributed by atoms with E-state index in [1.807, 2.05) is 44.2 Å². The molecule has 1 amide bonds. The third-order valence-corrected chi connectivity index (χ3v) is 4.29. The third-order valence-electron chi connectivity index (χ3n) is 4.29. The Morgan fingerprint density at radius 2 is 2.08 bits per heavy atom. The van der Waals surface area contributed by atoms with Gasteiger partial charge in [0.15, 0.2) is 5.65 Å². The number of amides is 1. The lowest BCUT2D eigenvalue weighted by Crippen LogP contribution is -2.27. The van der Waals surface area contributed by atoms with Crippen LogP contribution in [0.3, 0.4) is 0 Å². The van der Waals surface area contributed by atoms with E-state index in [1.54, 1.807) is 6.20 Å². The second-order valence-electron chi connectivity index (χ2n) is 6.35. The molecule has 0 fully saturated rings. The molecule has 0 aliphatic carbocycles. The van der Waals surface area contributed by atoms with Crippen molar-refractivity contribution in [1.82, 2.24) is 19.9 Å². The summed E-state index contributed by atoms with van der Waals surface area (Å²) in [5, 5.41) is 3.01. The number of pyridine rings is 1. The van der Waals surface area contributed by atoms with Gasteiger partial charge in [0.1, 0.15) is 11.3 Å². The Bertz CT molecular complexity index is 898. The maximum atomic E-state index is 12.4. The Morgan fingerprint density at radius 1 is 1.24 bits per heavy atom. The zero-order valence-electron chi connectivity index (χ0n) is 15.0. The van der Waals surface area contributed by atoms with Crippen molar-refractivity contribution in [2.75, 3.05) is 6.54 Å². The van der Waals surface area contributed by atoms with Gasteiger partial charge in [-0.1, -0.05) is 24.6 Å². The predicted molar refractivity (Wildman–Crippen MR) is 99.8 cm³/mol. The first-order valence-electron chi connectivity index (χ1n) is 8.75. The number of nitrogens with one attached hydrogen (secondary N) is 1. The highest BCUT2D eigenvalue weighted by atomic mass is 16.1. The highest BCUT2D eigenvalue weighted by Gasteiger charge is 2.12. The molecule has 130 valence electrons. The number of carbonyl (C=O) groups excluding carboxylic acids is 1. The monoisotopic (exact) mass is 336 g/mol. The van der Waals surface area contributed by atoms with Gasteiger partial charge < -0.3 is 9.88 Å². The van der Waals surface area contributed by atoms with Crippen molar-refractivity contribution in [1.29, 1.82) is 0 Å². The van der Waals surface area contributed by atoms with Crippen LogP contribution in [-0.2, 0) is 13.0 Å². The molecule has 0 bridgehead atoms. The van der Waals surface area contributed by atoms with Gasteiger partial charge in [-0.15, -0.1) is 0 Å². The smallest absolute Gasteiger partial charge is 0.251 e. The van der Waals surface area contributed by atoms with Gasteiger partial charge in [0, 0.05) is 31.3 Å². The number of aryl methyl sites for hydroxylation is 3. The van der Waals surface area contributed by atoms with Crippen LogP contribution in [0.1, 0.15) is 40.7 Å². The van der Waals surface area contributed by atoms with Crippen molar-refractivity contribution < 1.29 is 4.79 Å². The van der Waals surface area contributed by atoms with Gasteiger partial charge in [0.25, 0.3) is 5.91 Å². The van der Waals surface area contributed by atoms with Gasteiger partial charge in [0.05, 0.1) is 0 Å². The van der Waals surface area contributed by atoms with Crippen LogP contribution in [0.5, 0.6) is 0 Å². The molecule has 25 heavy (non-hydrogen) atoms. The number of aromatic nitrogens is 3. The molecule has 1 aromatic carbocycles. The molecule has 3 rings (SSSR count). The van der Waals surface area contributed by atoms with E-state index in [9.17, 15) is 4.79 Å². The third kappa shape index (κ3) is 3.71. The van der Waals surface area contributed by atoms with E-state index in [4.69, 9.17) is 0 Å². The highest BCUT2D eigenvalue weighted by molar-refractivity contribution is 5.95. The first-order chi connectivity index (χ1) is 12.1. The molecule has 0 saturated heterocycles. The number of carbonyl (C=O) groups is 1. The van der Waals surface area contributed by atoms with Gasteiger partial charge in [-0.25, -0.2) is 9.97 Å². The molecule has 3 aromatic rings. The van der Waals surface area contributed by atoms with Gasteiger partial charge >= 0.3 is 0 Å². The van der Waals surface area contributed by atoms with Crippen LogP contribution in [0.15, 0.2) is 36.5 Å². The van der Waals surface area contributed by atoms with Gasteiger partial charge in [-0.2, -0.15) is 0 Å². The molecule has 1 N–H and O–H groups in total. The number of rotatable bonds is 6. The lowest BCUT2D eigenvalue weighted by atomic mass is 10.1. The molecule has 2 heterocycles. The number of hydrogen-bond donors (Lipinski definition) is 1. The van der Waals surface area contributed by atoms with Crippen LogP contribution in [0.4, 0.5) is 0 Å². The molecule has 0 saturated carbocycles. The van der Waals surface area contributed by atoms with Crippen molar-refractivity contribution in [2.24, 2.45) is 0 Å². The Hall–Kier alpha value is -2.69. The molecule has 0 aliphatic heterocycles. The minimum Gasteiger partial charge on any atom is -0.352 e. The van der Waals surface area contributed by atoms with Crippen molar-refractivity contribution >= 4 is 17.1 Å². The molecular weight excluding hydrogens is 312 g/mol. The van der Waals surface area contributed by atoms with Crippen molar-refractivity contribution in [3.63, 3.8) is 0 Å². The number of hydrogen-bond acceptors (Lipinski definition) is 3. The summed E-state index contributed by atoms with van der Waals surface area (Å²) in [7, 11) is 0. The highest BCUT2D eigenvalue weighted by Crippen LogP contribution is 2.15. The second kappa shape index (κ2) is 7.47. The SMILES string of the molecule is CCCn1c(CCNC(=O)c2ccc(C)cc2C)nc2cccnc21. The van der Waals surface area contributed by atoms with Gasteiger partial charge in [-0.3, -0.25) is 4.79 Å². The first-order valence-corrected chi connectivity index (χ1v) is 8.75. The van der Waals surface area contributed by atoms with Crippen LogP contribution >= 0.6 is 0 Å². The van der Waals surface area contributed by atoms with E-state index in [2.05, 4.69) is 26.8 Å². The molecule has 0 atom stereocenters. The summed E-state index contributed by atoms with van der Waals surface area (Å²) in [6, 6.07) is 9.76. The number of fused-ring (bicyclic) bond motifs is 1. The minimum atomic E-state index is -0.0335. The first kappa shape index (κ1) is 17.1. The van der Waals surface area contributed by atoms with E-state index in [-0.39, 0.29) is 5.91 Å². The average Bonchev–Trinajstić information content (AvgIpc) is 2.93. The lowest BCUT2D eigenvalue weighted by molar-refractivity contribution is 0.0953. The van der Waals surface area contributed by atoms with Crippen molar-refractivity contribution in [3.8, 4) is 0 Å². The Labute approximate surface area is 148 Å². The molecule has 0 spiro atoms. The predicted octanol–water partition coefficient (Wildman–Crippen LogP) is 3.43. The molecular formula is C20H24N4O. The Balaban J connectivity index is 1.70. The maximum Gasteiger partial charge on any atom is 0.251 e. The van der Waals surface area contributed by atoms with Crippen LogP contribution in [0, 0.1) is 13.8 Å². The fourth-order valence-corrected chi connectivity index (χ4v) is 3.11. The Kier molecular flexibility index (Phi) is 5.12. The summed E-state index contributed by atoms with van der Waals surface area (Å²) in [6.45, 7) is 7.57. The number of imidazole rings is 1. The fourth-order valence-electron chi connectivity index (χ4n) is 3.11. The standard InChI is InChI=1S/C20H24N4O/c1-4-12-24-18(23-17-6-5-10-21-19(17)24)9-11-22-20(25)16-8-7-14(2)13-15(16)3/h5-8,10,13H,4,9,11-12H2,1-3H3,(H,22,25). The minimum absolute atomic E-state index is 0.0335. The summed E-state index contributed by atoms with van der Waals surface area (Å²) in [5.41, 5.74) is 4.72. The van der Waals surface area contributed by atoms with E-state index < -0.39 is 0 Å². The van der Waals surface area contributed by atoms with Crippen LogP contribution in [-0.4, -0.2) is 27.0 Å². The maximum absolute atomic E-state index is 12.4. The van der Waals surface area contributed by atoms with Crippen LogP contribution in [0.25, 0.3) is 11.2 Å². The normalized spacial score (nSPS) is 11.0. The molecule has 5 nitrogen and oxygen atoms in total. The lowest BCUT2D eigenvalue weighted by Gasteiger charge is -2.10. The average molecular weight is 336 g/mol. The van der Waals surface area contributed by atoms with Gasteiger partial charge in [0.2, 0.25) is 0 Å². The van der Waals surface area contributed by atoms with Crippen molar-refractivity contribution in [2.45, 2.75) is 40.2 Å². The topological polar surface area (TPSA) is 59.8 Å². The zero-order chi connectivity index (χ0) is 17.8. The molecule has 0 radical (unpaired) electrons. The number of benzene rings is 1. The van der Waals surface area contributed by atoms with Gasteiger partial charge in [-0.05, 0) is 44.0 Å². The molecule has 0 unspecified atom stereocenters. The van der Waals surface area contributed by atoms with Crippen LogP contribution in [0.2, 0.25) is 0 Å². The zero-order valence-corrected chi connectivity index (χ0v) is 15.0. The number of nitrogens with zero attached hydrogens (tertiary/aromatic N) is 3. The summed E-state index contributed by atoms with van der Waals surface area (Å²) >= 11 is 0. The van der Waals surface area contributed by atoms with E-state index in [0.29, 0.717) is 13.0 Å². The van der Waals surface area contributed by atoms with Crippen LogP contribution < -0.4 is 5.32 Å². The summed E-state index contributed by atoms with van der Waals surface area (Å²) in [5.74, 6) is 0.935. The molecule has 5 heteroatoms. The molecule has 0 aliphatic rings. The van der Waals surface area contributed by atoms with E-state index in [1.165, 1.54) is 0 Å². The summed E-state index contributed by atoms with van der Waals surface area (Å²) < 4.78 is 2.15. The van der Waals surface area contributed by atoms with E-state index >= 15 is 0 Å². The quantitative estimate of drug-likeness (QED) is 0.750. The fraction of sp³-hybridized carbons (Fsp3) is 0.350. The summed E-state index contributed by atoms with van der Waals surface area (Å²) in [6.07, 6.45) is 3.50. The second-order valence-corrected chi connectivity index (χ2v) is 6.35. The van der Waals surface area contributed by atoms with E-state index in [0.717, 1.165) is 46.6 Å². The largest absolute Gasteiger partial charge is 0.352 e. The van der Waals surface area contributed by atoms with Crippen molar-refractivity contribution in [3.05, 3.63) is 59.0 Å². The summed E-state index contributed by atoms with van der Waals surface area (Å²) in [4.78, 5) is 21.5. The molecule has 2 aromatic heterocycles.